The molecule has 0 atom stereocenters. The fourth-order valence-corrected chi connectivity index (χ4v) is 4.14. The van der Waals surface area contributed by atoms with E-state index in [1.807, 2.05) is 6.07 Å². The third-order valence-electron chi connectivity index (χ3n) is 5.10. The van der Waals surface area contributed by atoms with Crippen molar-refractivity contribution in [2.75, 3.05) is 18.9 Å². The highest BCUT2D eigenvalue weighted by molar-refractivity contribution is 5.98. The zero-order valence-corrected chi connectivity index (χ0v) is 16.1. The van der Waals surface area contributed by atoms with Crippen LogP contribution in [0.25, 0.3) is 0 Å². The Hall–Kier alpha value is -2.56. The topological polar surface area (TPSA) is 62.6 Å². The molecule has 138 valence electrons. The Balaban J connectivity index is 1.70. The van der Waals surface area contributed by atoms with Gasteiger partial charge in [0.05, 0.1) is 12.8 Å². The molecule has 0 aliphatic heterocycles. The Labute approximate surface area is 154 Å². The smallest absolute Gasteiger partial charge is 0.289 e. The molecule has 0 spiro atoms. The van der Waals surface area contributed by atoms with E-state index in [9.17, 15) is 9.59 Å². The fourth-order valence-electron chi connectivity index (χ4n) is 4.14. The summed E-state index contributed by atoms with van der Waals surface area (Å²) in [5.41, 5.74) is 3.59. The number of nitrogens with one attached hydrogen (secondary N) is 1. The number of carbonyl (C=O) groups excluding carboxylic acids is 2. The first-order valence-electron chi connectivity index (χ1n) is 8.84. The monoisotopic (exact) mass is 354 g/mol. The zero-order valence-electron chi connectivity index (χ0n) is 16.1. The van der Waals surface area contributed by atoms with Crippen LogP contribution in [0.15, 0.2) is 41.0 Å². The second-order valence-electron chi connectivity index (χ2n) is 8.39. The van der Waals surface area contributed by atoms with E-state index in [0.29, 0.717) is 0 Å². The van der Waals surface area contributed by atoms with Gasteiger partial charge < -0.3 is 14.6 Å². The second kappa shape index (κ2) is 6.31. The number of nitrogens with zero attached hydrogens (tertiary/aromatic N) is 1. The molecular formula is C21H26N2O3. The minimum atomic E-state index is -0.318. The number of anilines is 1. The highest BCUT2D eigenvalue weighted by atomic mass is 16.3. The van der Waals surface area contributed by atoms with Crippen LogP contribution in [0.3, 0.4) is 0 Å². The van der Waals surface area contributed by atoms with Crippen molar-refractivity contribution in [2.45, 2.75) is 44.9 Å². The first kappa shape index (κ1) is 18.2. The van der Waals surface area contributed by atoms with Crippen LogP contribution in [0.2, 0.25) is 0 Å². The quantitative estimate of drug-likeness (QED) is 0.904. The molecule has 1 heterocycles. The minimum absolute atomic E-state index is 0.0362. The number of benzene rings is 1. The summed E-state index contributed by atoms with van der Waals surface area (Å²) >= 11 is 0. The maximum Gasteiger partial charge on any atom is 0.289 e. The summed E-state index contributed by atoms with van der Waals surface area (Å²) in [5, 5.41) is 2.90. The van der Waals surface area contributed by atoms with E-state index < -0.39 is 0 Å². The summed E-state index contributed by atoms with van der Waals surface area (Å²) in [5.74, 6) is -0.328. The van der Waals surface area contributed by atoms with Crippen molar-refractivity contribution in [1.82, 2.24) is 4.90 Å². The van der Waals surface area contributed by atoms with Crippen molar-refractivity contribution in [2.24, 2.45) is 0 Å². The molecule has 1 N–H and O–H groups in total. The molecule has 1 aliphatic rings. The zero-order chi connectivity index (χ0) is 19.1. The maximum absolute atomic E-state index is 12.4. The van der Waals surface area contributed by atoms with E-state index in [1.165, 1.54) is 22.3 Å². The minimum Gasteiger partial charge on any atom is -0.459 e. The van der Waals surface area contributed by atoms with Crippen LogP contribution in [-0.4, -0.2) is 30.3 Å². The van der Waals surface area contributed by atoms with Crippen LogP contribution >= 0.6 is 0 Å². The molecule has 0 fully saturated rings. The molecular weight excluding hydrogens is 328 g/mol. The van der Waals surface area contributed by atoms with Crippen LogP contribution in [0.5, 0.6) is 0 Å². The third-order valence-corrected chi connectivity index (χ3v) is 5.10. The van der Waals surface area contributed by atoms with Gasteiger partial charge in [0.25, 0.3) is 5.91 Å². The van der Waals surface area contributed by atoms with Crippen LogP contribution in [-0.2, 0) is 15.6 Å². The summed E-state index contributed by atoms with van der Waals surface area (Å²) in [7, 11) is 1.58. The fraction of sp³-hybridized carbons (Fsp3) is 0.429. The predicted octanol–water partition coefficient (Wildman–Crippen LogP) is 3.95. The predicted molar refractivity (Wildman–Crippen MR) is 101 cm³/mol. The Kier molecular flexibility index (Phi) is 4.42. The molecule has 0 bridgehead atoms. The summed E-state index contributed by atoms with van der Waals surface area (Å²) in [4.78, 5) is 25.8. The summed E-state index contributed by atoms with van der Waals surface area (Å²) in [6, 6.07) is 9.35. The summed E-state index contributed by atoms with van der Waals surface area (Å²) in [6.07, 6.45) is 2.52. The molecule has 0 saturated heterocycles. The van der Waals surface area contributed by atoms with Crippen molar-refractivity contribution < 1.29 is 14.0 Å². The first-order chi connectivity index (χ1) is 12.1. The number of likely N-dealkylation sites (N-methyl/N-ethyl adjacent to an activating group) is 1. The molecule has 0 saturated carbocycles. The molecule has 1 aliphatic carbocycles. The number of hydrogen-bond acceptors (Lipinski definition) is 3. The average molecular weight is 354 g/mol. The van der Waals surface area contributed by atoms with Crippen molar-refractivity contribution in [3.63, 3.8) is 0 Å². The molecule has 5 heteroatoms. The lowest BCUT2D eigenvalue weighted by Gasteiger charge is -2.22. The van der Waals surface area contributed by atoms with E-state index in [0.717, 1.165) is 12.1 Å². The highest BCUT2D eigenvalue weighted by Crippen LogP contribution is 2.49. The van der Waals surface area contributed by atoms with Gasteiger partial charge in [-0.15, -0.1) is 0 Å². The Morgan fingerprint density at radius 3 is 2.46 bits per heavy atom. The normalized spacial score (nSPS) is 16.8. The van der Waals surface area contributed by atoms with Crippen LogP contribution in [0.1, 0.15) is 55.8 Å². The average Bonchev–Trinajstić information content (AvgIpc) is 3.12. The van der Waals surface area contributed by atoms with Gasteiger partial charge in [0.2, 0.25) is 5.91 Å². The van der Waals surface area contributed by atoms with E-state index >= 15 is 0 Å². The number of hydrogen-bond donors (Lipinski definition) is 1. The van der Waals surface area contributed by atoms with Gasteiger partial charge in [-0.05, 0) is 52.6 Å². The van der Waals surface area contributed by atoms with Gasteiger partial charge in [-0.1, -0.05) is 33.8 Å². The van der Waals surface area contributed by atoms with Gasteiger partial charge in [-0.25, -0.2) is 0 Å². The molecule has 0 radical (unpaired) electrons. The number of rotatable bonds is 4. The Morgan fingerprint density at radius 2 is 1.81 bits per heavy atom. The SMILES string of the molecule is CN(CC(=O)Nc1ccc2c(c1)C(C)(C)CC2(C)C)C(=O)c1ccco1. The molecule has 26 heavy (non-hydrogen) atoms. The van der Waals surface area contributed by atoms with E-state index in [4.69, 9.17) is 4.42 Å². The van der Waals surface area contributed by atoms with Gasteiger partial charge >= 0.3 is 0 Å². The van der Waals surface area contributed by atoms with Gasteiger partial charge in [0.1, 0.15) is 0 Å². The Bertz CT molecular complexity index is 835. The molecule has 3 rings (SSSR count). The van der Waals surface area contributed by atoms with Crippen molar-refractivity contribution >= 4 is 17.5 Å². The highest BCUT2D eigenvalue weighted by Gasteiger charge is 2.41. The van der Waals surface area contributed by atoms with Crippen LogP contribution in [0.4, 0.5) is 5.69 Å². The molecule has 2 aromatic rings. The van der Waals surface area contributed by atoms with Gasteiger partial charge in [0, 0.05) is 12.7 Å². The van der Waals surface area contributed by atoms with Gasteiger partial charge in [-0.2, -0.15) is 0 Å². The number of furan rings is 1. The summed E-state index contributed by atoms with van der Waals surface area (Å²) < 4.78 is 5.09. The van der Waals surface area contributed by atoms with E-state index in [2.05, 4.69) is 45.1 Å². The molecule has 1 aromatic carbocycles. The van der Waals surface area contributed by atoms with Crippen molar-refractivity contribution in [1.29, 1.82) is 0 Å². The summed E-state index contributed by atoms with van der Waals surface area (Å²) in [6.45, 7) is 8.96. The Morgan fingerprint density at radius 1 is 1.12 bits per heavy atom. The largest absolute Gasteiger partial charge is 0.459 e. The van der Waals surface area contributed by atoms with E-state index in [1.54, 1.807) is 19.2 Å². The van der Waals surface area contributed by atoms with Crippen molar-refractivity contribution in [3.05, 3.63) is 53.5 Å². The van der Waals surface area contributed by atoms with E-state index in [-0.39, 0.29) is 34.9 Å². The lowest BCUT2D eigenvalue weighted by Crippen LogP contribution is -2.34. The van der Waals surface area contributed by atoms with Gasteiger partial charge in [0.15, 0.2) is 5.76 Å². The lowest BCUT2D eigenvalue weighted by molar-refractivity contribution is -0.116. The van der Waals surface area contributed by atoms with Gasteiger partial charge in [-0.3, -0.25) is 9.59 Å². The molecule has 5 nitrogen and oxygen atoms in total. The van der Waals surface area contributed by atoms with Crippen LogP contribution in [0, 0.1) is 0 Å². The molecule has 2 amide bonds. The van der Waals surface area contributed by atoms with Crippen molar-refractivity contribution in [3.8, 4) is 0 Å². The maximum atomic E-state index is 12.4. The second-order valence-corrected chi connectivity index (χ2v) is 8.39. The molecule has 1 aromatic heterocycles. The standard InChI is InChI=1S/C21H26N2O3/c1-20(2)13-21(3,4)16-11-14(8-9-15(16)20)22-18(24)12-23(5)19(25)17-7-6-10-26-17/h6-11H,12-13H2,1-5H3,(H,22,24). The first-order valence-corrected chi connectivity index (χ1v) is 8.84. The number of carbonyl (C=O) groups is 2. The lowest BCUT2D eigenvalue weighted by atomic mass is 9.82. The number of fused-ring (bicyclic) bond motifs is 1. The third kappa shape index (κ3) is 3.39. The number of amides is 2. The molecule has 0 unspecified atom stereocenters. The van der Waals surface area contributed by atoms with Crippen LogP contribution < -0.4 is 5.32 Å².